The Kier molecular flexibility index (Phi) is 8.56. The van der Waals surface area contributed by atoms with Crippen molar-refractivity contribution in [3.8, 4) is 11.5 Å². The number of nitrogens with zero attached hydrogens (tertiary/aromatic N) is 3. The molecule has 0 spiro atoms. The second-order valence-corrected chi connectivity index (χ2v) is 8.97. The van der Waals surface area contributed by atoms with Gasteiger partial charge in [-0.3, -0.25) is 9.78 Å². The molecule has 9 heteroatoms. The van der Waals surface area contributed by atoms with E-state index in [0.29, 0.717) is 36.8 Å². The summed E-state index contributed by atoms with van der Waals surface area (Å²) in [7, 11) is 0. The second-order valence-electron chi connectivity index (χ2n) is 8.97. The third-order valence-corrected chi connectivity index (χ3v) is 6.20. The standard InChI is InChI=1S/C28H32N4O5/c1-3-36-23-8-4-5-9-24(23)37-21-7-6-14-32(18-21)26-17-29-16-25(30-26)31-27(33)13-11-20-10-12-22(28(34)35)19(2)15-20/h4-5,8-10,12,15-17,21H,3,6-7,11,13-14,18H2,1-2H3,(H,34,35)(H,30,31,33)/t21-/m1/s1. The quantitative estimate of drug-likeness (QED) is 0.415. The van der Waals surface area contributed by atoms with Gasteiger partial charge in [-0.15, -0.1) is 0 Å². The van der Waals surface area contributed by atoms with Crippen LogP contribution in [0.3, 0.4) is 0 Å². The number of piperidine rings is 1. The van der Waals surface area contributed by atoms with Crippen molar-refractivity contribution in [2.24, 2.45) is 0 Å². The van der Waals surface area contributed by atoms with Crippen LogP contribution >= 0.6 is 0 Å². The van der Waals surface area contributed by atoms with Crippen LogP contribution in [0, 0.1) is 6.92 Å². The molecule has 2 aromatic carbocycles. The summed E-state index contributed by atoms with van der Waals surface area (Å²) >= 11 is 0. The van der Waals surface area contributed by atoms with Gasteiger partial charge in [-0.25, -0.2) is 9.78 Å². The Morgan fingerprint density at radius 3 is 2.73 bits per heavy atom. The van der Waals surface area contributed by atoms with Gasteiger partial charge in [0.05, 0.1) is 31.1 Å². The zero-order valence-corrected chi connectivity index (χ0v) is 21.1. The summed E-state index contributed by atoms with van der Waals surface area (Å²) < 4.78 is 12.0. The first kappa shape index (κ1) is 25.9. The zero-order chi connectivity index (χ0) is 26.2. The van der Waals surface area contributed by atoms with Gasteiger partial charge >= 0.3 is 5.97 Å². The van der Waals surface area contributed by atoms with E-state index in [2.05, 4.69) is 20.2 Å². The molecule has 3 aromatic rings. The maximum absolute atomic E-state index is 12.6. The van der Waals surface area contributed by atoms with Crippen LogP contribution in [-0.2, 0) is 11.2 Å². The number of carbonyl (C=O) groups excluding carboxylic acids is 1. The van der Waals surface area contributed by atoms with Gasteiger partial charge < -0.3 is 24.8 Å². The van der Waals surface area contributed by atoms with Crippen molar-refractivity contribution in [2.45, 2.75) is 45.6 Å². The summed E-state index contributed by atoms with van der Waals surface area (Å²) in [5, 5.41) is 12.0. The Hall–Kier alpha value is -4.14. The number of aromatic nitrogens is 2. The lowest BCUT2D eigenvalue weighted by Gasteiger charge is -2.33. The molecule has 1 amide bonds. The number of amides is 1. The molecule has 194 valence electrons. The lowest BCUT2D eigenvalue weighted by molar-refractivity contribution is -0.116. The van der Waals surface area contributed by atoms with Gasteiger partial charge in [0.15, 0.2) is 17.3 Å². The van der Waals surface area contributed by atoms with Crippen LogP contribution < -0.4 is 19.7 Å². The van der Waals surface area contributed by atoms with Crippen LogP contribution in [-0.4, -0.2) is 52.8 Å². The van der Waals surface area contributed by atoms with E-state index in [9.17, 15) is 14.7 Å². The van der Waals surface area contributed by atoms with E-state index < -0.39 is 5.97 Å². The Bertz CT molecular complexity index is 1250. The molecule has 37 heavy (non-hydrogen) atoms. The molecule has 0 aliphatic carbocycles. The fourth-order valence-corrected chi connectivity index (χ4v) is 4.40. The van der Waals surface area contributed by atoms with Crippen LogP contribution in [0.2, 0.25) is 0 Å². The van der Waals surface area contributed by atoms with E-state index in [4.69, 9.17) is 9.47 Å². The van der Waals surface area contributed by atoms with E-state index in [1.807, 2.05) is 31.2 Å². The highest BCUT2D eigenvalue weighted by atomic mass is 16.5. The van der Waals surface area contributed by atoms with Crippen molar-refractivity contribution >= 4 is 23.5 Å². The third-order valence-electron chi connectivity index (χ3n) is 6.20. The predicted octanol–water partition coefficient (Wildman–Crippen LogP) is 4.50. The molecule has 1 aliphatic rings. The fourth-order valence-electron chi connectivity index (χ4n) is 4.40. The number of aryl methyl sites for hydroxylation is 2. The first-order chi connectivity index (χ1) is 17.9. The molecule has 1 fully saturated rings. The summed E-state index contributed by atoms with van der Waals surface area (Å²) in [6.45, 7) is 5.75. The molecule has 0 unspecified atom stereocenters. The number of aromatic carboxylic acids is 1. The van der Waals surface area contributed by atoms with Crippen molar-refractivity contribution in [3.63, 3.8) is 0 Å². The lowest BCUT2D eigenvalue weighted by atomic mass is 10.0. The summed E-state index contributed by atoms with van der Waals surface area (Å²) in [4.78, 5) is 34.8. The van der Waals surface area contributed by atoms with Crippen molar-refractivity contribution in [2.75, 3.05) is 29.9 Å². The van der Waals surface area contributed by atoms with E-state index in [1.165, 1.54) is 6.20 Å². The molecular weight excluding hydrogens is 472 g/mol. The summed E-state index contributed by atoms with van der Waals surface area (Å²) in [5.41, 5.74) is 1.85. The van der Waals surface area contributed by atoms with Gasteiger partial charge in [-0.2, -0.15) is 0 Å². The number of benzene rings is 2. The molecule has 2 heterocycles. The van der Waals surface area contributed by atoms with Crippen molar-refractivity contribution in [3.05, 3.63) is 71.5 Å². The average molecular weight is 505 g/mol. The van der Waals surface area contributed by atoms with Crippen molar-refractivity contribution in [1.82, 2.24) is 9.97 Å². The molecule has 1 aliphatic heterocycles. The number of carboxylic acids is 1. The van der Waals surface area contributed by atoms with Gasteiger partial charge in [-0.1, -0.05) is 24.3 Å². The van der Waals surface area contributed by atoms with E-state index in [-0.39, 0.29) is 24.0 Å². The Morgan fingerprint density at radius 1 is 1.16 bits per heavy atom. The highest BCUT2D eigenvalue weighted by Crippen LogP contribution is 2.30. The van der Waals surface area contributed by atoms with E-state index >= 15 is 0 Å². The van der Waals surface area contributed by atoms with Crippen LogP contribution in [0.15, 0.2) is 54.9 Å². The summed E-state index contributed by atoms with van der Waals surface area (Å²) in [6.07, 6.45) is 5.81. The number of carboxylic acid groups (broad SMARTS) is 1. The Labute approximate surface area is 216 Å². The number of hydrogen-bond acceptors (Lipinski definition) is 7. The van der Waals surface area contributed by atoms with Gasteiger partial charge in [0.2, 0.25) is 5.91 Å². The molecule has 4 rings (SSSR count). The second kappa shape index (κ2) is 12.2. The van der Waals surface area contributed by atoms with Crippen LogP contribution in [0.1, 0.15) is 47.7 Å². The molecule has 1 saturated heterocycles. The van der Waals surface area contributed by atoms with E-state index in [0.717, 1.165) is 36.4 Å². The smallest absolute Gasteiger partial charge is 0.335 e. The molecule has 2 N–H and O–H groups in total. The SMILES string of the molecule is CCOc1ccccc1O[C@@H]1CCCN(c2cncc(NC(=O)CCc3ccc(C(=O)O)c(C)c3)n2)C1. The van der Waals surface area contributed by atoms with Crippen LogP contribution in [0.25, 0.3) is 0 Å². The highest BCUT2D eigenvalue weighted by Gasteiger charge is 2.24. The minimum absolute atomic E-state index is 0.0219. The van der Waals surface area contributed by atoms with Gasteiger partial charge in [0, 0.05) is 13.0 Å². The van der Waals surface area contributed by atoms with Crippen molar-refractivity contribution < 1.29 is 24.2 Å². The molecule has 0 saturated carbocycles. The predicted molar refractivity (Wildman–Crippen MR) is 141 cm³/mol. The maximum atomic E-state index is 12.6. The van der Waals surface area contributed by atoms with Gasteiger partial charge in [0.1, 0.15) is 11.9 Å². The minimum Gasteiger partial charge on any atom is -0.490 e. The molecule has 0 bridgehead atoms. The molecular formula is C28H32N4O5. The molecule has 1 aromatic heterocycles. The first-order valence-electron chi connectivity index (χ1n) is 12.5. The number of hydrogen-bond donors (Lipinski definition) is 2. The number of nitrogens with one attached hydrogen (secondary N) is 1. The first-order valence-corrected chi connectivity index (χ1v) is 12.5. The fraction of sp³-hybridized carbons (Fsp3) is 0.357. The average Bonchev–Trinajstić information content (AvgIpc) is 2.89. The Morgan fingerprint density at radius 2 is 1.97 bits per heavy atom. The zero-order valence-electron chi connectivity index (χ0n) is 21.1. The molecule has 0 radical (unpaired) electrons. The monoisotopic (exact) mass is 504 g/mol. The minimum atomic E-state index is -0.956. The number of carbonyl (C=O) groups is 2. The summed E-state index contributed by atoms with van der Waals surface area (Å²) in [5.74, 6) is 1.41. The largest absolute Gasteiger partial charge is 0.490 e. The molecule has 1 atom stereocenters. The summed E-state index contributed by atoms with van der Waals surface area (Å²) in [6, 6.07) is 12.8. The van der Waals surface area contributed by atoms with Gasteiger partial charge in [0.25, 0.3) is 0 Å². The van der Waals surface area contributed by atoms with Crippen molar-refractivity contribution in [1.29, 1.82) is 0 Å². The maximum Gasteiger partial charge on any atom is 0.335 e. The lowest BCUT2D eigenvalue weighted by Crippen LogP contribution is -2.41. The number of anilines is 2. The number of para-hydroxylation sites is 2. The Balaban J connectivity index is 1.34. The van der Waals surface area contributed by atoms with E-state index in [1.54, 1.807) is 31.3 Å². The number of rotatable bonds is 10. The highest BCUT2D eigenvalue weighted by molar-refractivity contribution is 5.90. The molecule has 9 nitrogen and oxygen atoms in total. The topological polar surface area (TPSA) is 114 Å². The third kappa shape index (κ3) is 6.97. The van der Waals surface area contributed by atoms with Gasteiger partial charge in [-0.05, 0) is 62.4 Å². The number of ether oxygens (including phenoxy) is 2. The normalized spacial score (nSPS) is 15.2. The van der Waals surface area contributed by atoms with Crippen LogP contribution in [0.4, 0.5) is 11.6 Å². The van der Waals surface area contributed by atoms with Crippen LogP contribution in [0.5, 0.6) is 11.5 Å².